The molecule has 1 aromatic carbocycles. The molecule has 1 fully saturated rings. The van der Waals surface area contributed by atoms with E-state index in [0.29, 0.717) is 12.4 Å². The lowest BCUT2D eigenvalue weighted by Gasteiger charge is -2.39. The lowest BCUT2D eigenvalue weighted by molar-refractivity contribution is -0.277. The Balaban J connectivity index is 1.74. The summed E-state index contributed by atoms with van der Waals surface area (Å²) >= 11 is 0. The fraction of sp³-hybridized carbons (Fsp3) is 0.609. The SMILES string of the molecule is CCCCCCCCOc1ccc2c(O[C@H]3O[C@H](CO)[C@@H](O)[C@H](O)[C@@H]3O)c(O)c(=O)oc2c1. The van der Waals surface area contributed by atoms with Gasteiger partial charge in [-0.15, -0.1) is 0 Å². The van der Waals surface area contributed by atoms with Crippen molar-refractivity contribution in [3.05, 3.63) is 28.6 Å². The van der Waals surface area contributed by atoms with E-state index in [1.165, 1.54) is 31.4 Å². The van der Waals surface area contributed by atoms with Gasteiger partial charge in [0.1, 0.15) is 35.7 Å². The Hall–Kier alpha value is -2.37. The molecule has 0 bridgehead atoms. The van der Waals surface area contributed by atoms with Crippen LogP contribution in [0.15, 0.2) is 27.4 Å². The molecule has 2 aromatic rings. The number of ether oxygens (including phenoxy) is 3. The molecule has 0 spiro atoms. The van der Waals surface area contributed by atoms with Gasteiger partial charge in [-0.05, 0) is 18.6 Å². The second-order valence-electron chi connectivity index (χ2n) is 8.16. The van der Waals surface area contributed by atoms with Crippen molar-refractivity contribution in [3.8, 4) is 17.2 Å². The molecular weight excluding hydrogens is 436 g/mol. The fourth-order valence-corrected chi connectivity index (χ4v) is 3.71. The van der Waals surface area contributed by atoms with E-state index < -0.39 is 48.7 Å². The lowest BCUT2D eigenvalue weighted by atomic mass is 9.99. The number of benzene rings is 1. The van der Waals surface area contributed by atoms with Crippen LogP contribution in [0.4, 0.5) is 0 Å². The second-order valence-corrected chi connectivity index (χ2v) is 8.16. The summed E-state index contributed by atoms with van der Waals surface area (Å²) in [7, 11) is 0. The third-order valence-electron chi connectivity index (χ3n) is 5.66. The van der Waals surface area contributed by atoms with E-state index in [2.05, 4.69) is 6.92 Å². The molecule has 2 heterocycles. The minimum absolute atomic E-state index is 0.0813. The van der Waals surface area contributed by atoms with E-state index in [-0.39, 0.29) is 16.7 Å². The van der Waals surface area contributed by atoms with Crippen LogP contribution >= 0.6 is 0 Å². The third kappa shape index (κ3) is 5.96. The zero-order chi connectivity index (χ0) is 24.0. The minimum Gasteiger partial charge on any atom is -0.499 e. The second kappa shape index (κ2) is 11.7. The van der Waals surface area contributed by atoms with Crippen molar-refractivity contribution in [2.24, 2.45) is 0 Å². The fourth-order valence-electron chi connectivity index (χ4n) is 3.71. The van der Waals surface area contributed by atoms with Gasteiger partial charge in [-0.1, -0.05) is 39.0 Å². The Morgan fingerprint density at radius 2 is 1.73 bits per heavy atom. The number of aromatic hydroxyl groups is 1. The average molecular weight is 468 g/mol. The summed E-state index contributed by atoms with van der Waals surface area (Å²) in [6, 6.07) is 4.64. The number of rotatable bonds is 11. The molecule has 5 N–H and O–H groups in total. The molecule has 3 rings (SSSR count). The predicted molar refractivity (Wildman–Crippen MR) is 117 cm³/mol. The molecule has 1 aliphatic heterocycles. The molecule has 0 unspecified atom stereocenters. The first-order chi connectivity index (χ1) is 15.9. The van der Waals surface area contributed by atoms with Crippen molar-refractivity contribution in [2.45, 2.75) is 76.2 Å². The Kier molecular flexibility index (Phi) is 8.93. The first-order valence-electron chi connectivity index (χ1n) is 11.3. The van der Waals surface area contributed by atoms with E-state index >= 15 is 0 Å². The normalized spacial score (nSPS) is 25.3. The van der Waals surface area contributed by atoms with Crippen LogP contribution in [0.1, 0.15) is 45.4 Å². The summed E-state index contributed by atoms with van der Waals surface area (Å²) in [6.45, 7) is 2.03. The van der Waals surface area contributed by atoms with Crippen molar-refractivity contribution in [1.82, 2.24) is 0 Å². The predicted octanol–water partition coefficient (Wildman–Crippen LogP) is 1.42. The van der Waals surface area contributed by atoms with Gasteiger partial charge in [0.15, 0.2) is 5.75 Å². The smallest absolute Gasteiger partial charge is 0.382 e. The standard InChI is InChI=1S/C23H32O10/c1-2-3-4-5-6-7-10-30-13-8-9-14-15(11-13)31-22(29)20(28)21(14)33-23-19(27)18(26)17(25)16(12-24)32-23/h8-9,11,16-19,23-28H,2-7,10,12H2,1H3/t16-,17-,18+,19+,23-/m1/s1. The number of unbranched alkanes of at least 4 members (excludes halogenated alkanes) is 5. The van der Waals surface area contributed by atoms with Gasteiger partial charge in [0.2, 0.25) is 12.0 Å². The van der Waals surface area contributed by atoms with Crippen LogP contribution in [0.3, 0.4) is 0 Å². The van der Waals surface area contributed by atoms with Gasteiger partial charge in [-0.2, -0.15) is 0 Å². The highest BCUT2D eigenvalue weighted by atomic mass is 16.7. The molecule has 1 saturated heterocycles. The van der Waals surface area contributed by atoms with Crippen molar-refractivity contribution >= 4 is 11.0 Å². The van der Waals surface area contributed by atoms with E-state index in [0.717, 1.165) is 19.3 Å². The van der Waals surface area contributed by atoms with Gasteiger partial charge in [0, 0.05) is 6.07 Å². The molecule has 10 nitrogen and oxygen atoms in total. The van der Waals surface area contributed by atoms with Crippen LogP contribution in [-0.2, 0) is 4.74 Å². The lowest BCUT2D eigenvalue weighted by Crippen LogP contribution is -2.60. The number of hydrogen-bond donors (Lipinski definition) is 5. The molecule has 0 radical (unpaired) electrons. The summed E-state index contributed by atoms with van der Waals surface area (Å²) in [6.07, 6.45) is -0.978. The highest BCUT2D eigenvalue weighted by molar-refractivity contribution is 5.86. The molecule has 184 valence electrons. The van der Waals surface area contributed by atoms with Crippen LogP contribution in [0.25, 0.3) is 11.0 Å². The molecule has 0 aliphatic carbocycles. The topological polar surface area (TPSA) is 159 Å². The van der Waals surface area contributed by atoms with Crippen LogP contribution in [0.5, 0.6) is 17.2 Å². The van der Waals surface area contributed by atoms with Gasteiger partial charge < -0.3 is 44.2 Å². The van der Waals surface area contributed by atoms with Crippen LogP contribution in [0, 0.1) is 0 Å². The number of hydrogen-bond acceptors (Lipinski definition) is 10. The van der Waals surface area contributed by atoms with Crippen molar-refractivity contribution in [2.75, 3.05) is 13.2 Å². The maximum absolute atomic E-state index is 12.1. The Labute approximate surface area is 190 Å². The van der Waals surface area contributed by atoms with Crippen molar-refractivity contribution < 1.29 is 44.2 Å². The first-order valence-corrected chi connectivity index (χ1v) is 11.3. The highest BCUT2D eigenvalue weighted by Crippen LogP contribution is 2.36. The maximum Gasteiger partial charge on any atom is 0.382 e. The number of aliphatic hydroxyl groups is 4. The van der Waals surface area contributed by atoms with Gasteiger partial charge in [-0.25, -0.2) is 4.79 Å². The average Bonchev–Trinajstić information content (AvgIpc) is 2.81. The molecular formula is C23H32O10. The van der Waals surface area contributed by atoms with Gasteiger partial charge >= 0.3 is 5.63 Å². The summed E-state index contributed by atoms with van der Waals surface area (Å²) in [5.74, 6) is -0.697. The highest BCUT2D eigenvalue weighted by Gasteiger charge is 2.45. The minimum atomic E-state index is -1.70. The van der Waals surface area contributed by atoms with Crippen molar-refractivity contribution in [3.63, 3.8) is 0 Å². The summed E-state index contributed by atoms with van der Waals surface area (Å²) in [5, 5.41) is 49.8. The molecule has 0 amide bonds. The molecule has 1 aromatic heterocycles. The van der Waals surface area contributed by atoms with Crippen LogP contribution < -0.4 is 15.1 Å². The molecule has 5 atom stereocenters. The zero-order valence-corrected chi connectivity index (χ0v) is 18.6. The molecule has 1 aliphatic rings. The third-order valence-corrected chi connectivity index (χ3v) is 5.66. The molecule has 33 heavy (non-hydrogen) atoms. The van der Waals surface area contributed by atoms with Crippen LogP contribution in [0.2, 0.25) is 0 Å². The monoisotopic (exact) mass is 468 g/mol. The van der Waals surface area contributed by atoms with E-state index in [1.807, 2.05) is 0 Å². The quantitative estimate of drug-likeness (QED) is 0.241. The van der Waals surface area contributed by atoms with Gasteiger partial charge in [0.05, 0.1) is 18.6 Å². The van der Waals surface area contributed by atoms with Crippen LogP contribution in [-0.4, -0.2) is 69.5 Å². The maximum atomic E-state index is 12.1. The Morgan fingerprint density at radius 3 is 2.45 bits per heavy atom. The largest absolute Gasteiger partial charge is 0.499 e. The van der Waals surface area contributed by atoms with Gasteiger partial charge in [-0.3, -0.25) is 0 Å². The van der Waals surface area contributed by atoms with Crippen molar-refractivity contribution in [1.29, 1.82) is 0 Å². The molecule has 0 saturated carbocycles. The Bertz CT molecular complexity index is 956. The summed E-state index contributed by atoms with van der Waals surface area (Å²) in [5.41, 5.74) is -0.993. The number of fused-ring (bicyclic) bond motifs is 1. The Morgan fingerprint density at radius 1 is 1.00 bits per heavy atom. The van der Waals surface area contributed by atoms with E-state index in [4.69, 9.17) is 18.6 Å². The summed E-state index contributed by atoms with van der Waals surface area (Å²) in [4.78, 5) is 12.1. The van der Waals surface area contributed by atoms with Gasteiger partial charge in [0.25, 0.3) is 0 Å². The number of aliphatic hydroxyl groups excluding tert-OH is 4. The van der Waals surface area contributed by atoms with E-state index in [1.54, 1.807) is 6.07 Å². The first kappa shape index (κ1) is 25.3. The zero-order valence-electron chi connectivity index (χ0n) is 18.6. The molecule has 10 heteroatoms. The van der Waals surface area contributed by atoms with E-state index in [9.17, 15) is 30.3 Å². The summed E-state index contributed by atoms with van der Waals surface area (Å²) < 4.78 is 21.7.